The molecule has 0 atom stereocenters. The number of nitrogens with zero attached hydrogens (tertiary/aromatic N) is 3. The summed E-state index contributed by atoms with van der Waals surface area (Å²) in [5.41, 5.74) is 6.72. The fourth-order valence-electron chi connectivity index (χ4n) is 7.99. The van der Waals surface area contributed by atoms with Gasteiger partial charge < -0.3 is 4.42 Å². The van der Waals surface area contributed by atoms with Crippen molar-refractivity contribution in [2.24, 2.45) is 0 Å². The molecule has 9 aromatic carbocycles. The lowest BCUT2D eigenvalue weighted by Crippen LogP contribution is -2.00. The van der Waals surface area contributed by atoms with Gasteiger partial charge in [0.25, 0.3) is 0 Å². The minimum atomic E-state index is 0.598. The Kier molecular flexibility index (Phi) is 6.52. The molecule has 0 aliphatic heterocycles. The van der Waals surface area contributed by atoms with Crippen LogP contribution in [0.15, 0.2) is 180 Å². The molecule has 0 fully saturated rings. The van der Waals surface area contributed by atoms with E-state index < -0.39 is 0 Å². The average molecular weight is 676 g/mol. The topological polar surface area (TPSA) is 51.8 Å². The van der Waals surface area contributed by atoms with Crippen LogP contribution in [0, 0.1) is 0 Å². The van der Waals surface area contributed by atoms with E-state index in [4.69, 9.17) is 19.4 Å². The highest BCUT2D eigenvalue weighted by atomic mass is 16.3. The quantitative estimate of drug-likeness (QED) is 0.174. The van der Waals surface area contributed by atoms with Gasteiger partial charge in [0.05, 0.1) is 0 Å². The number of benzene rings is 9. The monoisotopic (exact) mass is 675 g/mol. The number of fused-ring (bicyclic) bond motifs is 10. The molecule has 2 heterocycles. The summed E-state index contributed by atoms with van der Waals surface area (Å²) in [5, 5.41) is 11.5. The molecule has 0 N–H and O–H groups in total. The molecule has 246 valence electrons. The van der Waals surface area contributed by atoms with E-state index in [1.807, 2.05) is 42.5 Å². The lowest BCUT2D eigenvalue weighted by Gasteiger charge is -2.11. The van der Waals surface area contributed by atoms with E-state index in [9.17, 15) is 0 Å². The summed E-state index contributed by atoms with van der Waals surface area (Å²) in [5.74, 6) is 1.84. The zero-order valence-corrected chi connectivity index (χ0v) is 28.5. The second-order valence-corrected chi connectivity index (χ2v) is 13.5. The standard InChI is InChI=1S/C49H29N3O/c1-3-12-30(13-4-1)42-29-43-45-40(20-11-21-44(45)53-46(43)39-19-10-9-18-36(39)42)49-51-47(33-15-5-2-6-16-33)50-48(52-49)34-23-22-32-25-26-37-35-17-8-7-14-31(35)24-27-38(37)41(32)28-34/h1-29H. The van der Waals surface area contributed by atoms with Crippen molar-refractivity contribution in [3.63, 3.8) is 0 Å². The van der Waals surface area contributed by atoms with Crippen molar-refractivity contribution in [3.8, 4) is 45.3 Å². The Labute approximate surface area is 304 Å². The largest absolute Gasteiger partial charge is 0.455 e. The molecule has 53 heavy (non-hydrogen) atoms. The van der Waals surface area contributed by atoms with Gasteiger partial charge in [0.2, 0.25) is 0 Å². The molecule has 0 unspecified atom stereocenters. The van der Waals surface area contributed by atoms with Gasteiger partial charge in [-0.05, 0) is 67.0 Å². The summed E-state index contributed by atoms with van der Waals surface area (Å²) >= 11 is 0. The summed E-state index contributed by atoms with van der Waals surface area (Å²) in [6, 6.07) is 61.6. The van der Waals surface area contributed by atoms with Crippen LogP contribution < -0.4 is 0 Å². The normalized spacial score (nSPS) is 11.8. The van der Waals surface area contributed by atoms with E-state index >= 15 is 0 Å². The molecular weight excluding hydrogens is 647 g/mol. The first-order valence-electron chi connectivity index (χ1n) is 17.9. The van der Waals surface area contributed by atoms with E-state index in [0.717, 1.165) is 65.9 Å². The Morgan fingerprint density at radius 1 is 0.321 bits per heavy atom. The van der Waals surface area contributed by atoms with Crippen LogP contribution in [0.5, 0.6) is 0 Å². The molecule has 0 radical (unpaired) electrons. The molecule has 11 rings (SSSR count). The van der Waals surface area contributed by atoms with Gasteiger partial charge in [0, 0.05) is 32.8 Å². The van der Waals surface area contributed by atoms with Crippen LogP contribution in [0.4, 0.5) is 0 Å². The Morgan fingerprint density at radius 3 is 1.72 bits per heavy atom. The van der Waals surface area contributed by atoms with Gasteiger partial charge in [-0.3, -0.25) is 0 Å². The molecule has 0 saturated heterocycles. The fraction of sp³-hybridized carbons (Fsp3) is 0. The van der Waals surface area contributed by atoms with Crippen molar-refractivity contribution in [2.45, 2.75) is 0 Å². The lowest BCUT2D eigenvalue weighted by molar-refractivity contribution is 0.673. The van der Waals surface area contributed by atoms with Crippen LogP contribution in [-0.4, -0.2) is 15.0 Å². The van der Waals surface area contributed by atoms with Crippen LogP contribution in [0.2, 0.25) is 0 Å². The van der Waals surface area contributed by atoms with Gasteiger partial charge in [-0.15, -0.1) is 0 Å². The van der Waals surface area contributed by atoms with E-state index in [1.54, 1.807) is 0 Å². The van der Waals surface area contributed by atoms with Crippen LogP contribution in [0.25, 0.3) is 110 Å². The third kappa shape index (κ3) is 4.73. The van der Waals surface area contributed by atoms with Gasteiger partial charge in [-0.2, -0.15) is 0 Å². The van der Waals surface area contributed by atoms with Crippen LogP contribution in [0.3, 0.4) is 0 Å². The van der Waals surface area contributed by atoms with E-state index in [2.05, 4.69) is 133 Å². The van der Waals surface area contributed by atoms with Gasteiger partial charge in [0.1, 0.15) is 11.2 Å². The minimum absolute atomic E-state index is 0.598. The predicted octanol–water partition coefficient (Wildman–Crippen LogP) is 13.1. The highest BCUT2D eigenvalue weighted by Crippen LogP contribution is 2.43. The molecule has 0 aliphatic rings. The summed E-state index contributed by atoms with van der Waals surface area (Å²) < 4.78 is 6.70. The van der Waals surface area contributed by atoms with Crippen molar-refractivity contribution >= 4 is 65.0 Å². The molecular formula is C49H29N3O. The molecule has 0 spiro atoms. The zero-order valence-electron chi connectivity index (χ0n) is 28.5. The number of hydrogen-bond donors (Lipinski definition) is 0. The molecule has 0 aliphatic carbocycles. The summed E-state index contributed by atoms with van der Waals surface area (Å²) in [4.78, 5) is 15.5. The molecule has 0 bridgehead atoms. The van der Waals surface area contributed by atoms with E-state index in [-0.39, 0.29) is 0 Å². The van der Waals surface area contributed by atoms with Gasteiger partial charge in [0.15, 0.2) is 17.5 Å². The summed E-state index contributed by atoms with van der Waals surface area (Å²) in [7, 11) is 0. The fourth-order valence-corrected chi connectivity index (χ4v) is 7.99. The van der Waals surface area contributed by atoms with Gasteiger partial charge in [-0.25, -0.2) is 15.0 Å². The Bertz CT molecular complexity index is 3220. The maximum atomic E-state index is 6.70. The second-order valence-electron chi connectivity index (χ2n) is 13.5. The Hall–Kier alpha value is -7.17. The summed E-state index contributed by atoms with van der Waals surface area (Å²) in [6.07, 6.45) is 0. The van der Waals surface area contributed by atoms with Crippen molar-refractivity contribution < 1.29 is 4.42 Å². The van der Waals surface area contributed by atoms with Gasteiger partial charge in [-0.1, -0.05) is 158 Å². The van der Waals surface area contributed by atoms with Crippen molar-refractivity contribution in [1.82, 2.24) is 15.0 Å². The molecule has 0 amide bonds. The Morgan fingerprint density at radius 2 is 0.925 bits per heavy atom. The number of aromatic nitrogens is 3. The molecule has 0 saturated carbocycles. The van der Waals surface area contributed by atoms with Crippen LogP contribution >= 0.6 is 0 Å². The molecule has 4 heteroatoms. The van der Waals surface area contributed by atoms with E-state index in [0.29, 0.717) is 17.5 Å². The van der Waals surface area contributed by atoms with Crippen molar-refractivity contribution in [2.75, 3.05) is 0 Å². The third-order valence-electron chi connectivity index (χ3n) is 10.5. The SMILES string of the molecule is c1ccc(-c2nc(-c3ccc4ccc5c6ccccc6ccc5c4c3)nc(-c3cccc4oc5c6ccccc6c(-c6ccccc6)cc5c34)n2)cc1. The first kappa shape index (κ1) is 29.5. The highest BCUT2D eigenvalue weighted by Gasteiger charge is 2.21. The van der Waals surface area contributed by atoms with Crippen molar-refractivity contribution in [1.29, 1.82) is 0 Å². The van der Waals surface area contributed by atoms with Crippen molar-refractivity contribution in [3.05, 3.63) is 176 Å². The first-order valence-corrected chi connectivity index (χ1v) is 17.9. The number of rotatable bonds is 4. The summed E-state index contributed by atoms with van der Waals surface area (Å²) in [6.45, 7) is 0. The third-order valence-corrected chi connectivity index (χ3v) is 10.5. The number of furan rings is 1. The minimum Gasteiger partial charge on any atom is -0.455 e. The smallest absolute Gasteiger partial charge is 0.164 e. The maximum absolute atomic E-state index is 6.70. The second kappa shape index (κ2) is 11.7. The highest BCUT2D eigenvalue weighted by molar-refractivity contribution is 6.22. The lowest BCUT2D eigenvalue weighted by atomic mass is 9.94. The number of hydrogen-bond acceptors (Lipinski definition) is 4. The van der Waals surface area contributed by atoms with E-state index in [1.165, 1.54) is 26.9 Å². The molecule has 11 aromatic rings. The van der Waals surface area contributed by atoms with Crippen LogP contribution in [-0.2, 0) is 0 Å². The van der Waals surface area contributed by atoms with Gasteiger partial charge >= 0.3 is 0 Å². The first-order chi connectivity index (χ1) is 26.3. The zero-order chi connectivity index (χ0) is 34.9. The molecule has 2 aromatic heterocycles. The maximum Gasteiger partial charge on any atom is 0.164 e. The average Bonchev–Trinajstić information content (AvgIpc) is 3.62. The molecule has 4 nitrogen and oxygen atoms in total. The Balaban J connectivity index is 1.17. The predicted molar refractivity (Wildman–Crippen MR) is 219 cm³/mol. The van der Waals surface area contributed by atoms with Crippen LogP contribution in [0.1, 0.15) is 0 Å².